The minimum absolute atomic E-state index is 1.16. The van der Waals surface area contributed by atoms with E-state index in [2.05, 4.69) is 199 Å². The molecule has 1 radical (unpaired) electrons. The number of hydrogen-bond acceptors (Lipinski definition) is 3. The van der Waals surface area contributed by atoms with Gasteiger partial charge in [0.1, 0.15) is 0 Å². The number of nitrogens with zero attached hydrogens (tertiary/aromatic N) is 1. The molecular weight excluding hydrogens is 711 g/mol. The van der Waals surface area contributed by atoms with Crippen LogP contribution in [0.2, 0.25) is 0 Å². The van der Waals surface area contributed by atoms with Gasteiger partial charge < -0.3 is 4.90 Å². The van der Waals surface area contributed by atoms with Crippen LogP contribution in [0.1, 0.15) is 0 Å². The van der Waals surface area contributed by atoms with Gasteiger partial charge in [-0.3, -0.25) is 0 Å². The van der Waals surface area contributed by atoms with Crippen molar-refractivity contribution in [3.63, 3.8) is 0 Å². The van der Waals surface area contributed by atoms with Crippen molar-refractivity contribution in [2.45, 2.75) is 9.79 Å². The van der Waals surface area contributed by atoms with E-state index in [0.717, 1.165) is 5.69 Å². The lowest BCUT2D eigenvalue weighted by atomic mass is 10.1. The molecule has 1 spiro atoms. The van der Waals surface area contributed by atoms with Crippen LogP contribution in [-0.2, 0) is 0 Å². The van der Waals surface area contributed by atoms with Crippen LogP contribution in [0.3, 0.4) is 0 Å². The lowest BCUT2D eigenvalue weighted by Crippen LogP contribution is -2.87. The van der Waals surface area contributed by atoms with Crippen molar-refractivity contribution in [3.8, 4) is 0 Å². The number of benzene rings is 8. The summed E-state index contributed by atoms with van der Waals surface area (Å²) >= 11 is 3.81. The summed E-state index contributed by atoms with van der Waals surface area (Å²) in [6, 6.07) is 73.7. The Kier molecular flexibility index (Phi) is 7.24. The maximum absolute atomic E-state index is 2.80. The van der Waals surface area contributed by atoms with Crippen molar-refractivity contribution in [3.05, 3.63) is 194 Å². The smallest absolute Gasteiger partial charge is 0.181 e. The molecule has 1 aromatic heterocycles. The molecule has 0 saturated carbocycles. The van der Waals surface area contributed by atoms with Crippen LogP contribution in [0, 0.1) is 0 Å². The van der Waals surface area contributed by atoms with E-state index < -0.39 is 16.9 Å². The molecule has 0 amide bonds. The van der Waals surface area contributed by atoms with E-state index in [1.54, 1.807) is 5.19 Å². The fourth-order valence-electron chi connectivity index (χ4n) is 8.89. The summed E-state index contributed by atoms with van der Waals surface area (Å²) in [5.74, 6) is 0. The summed E-state index contributed by atoms with van der Waals surface area (Å²) in [7, 11) is -4.12. The highest BCUT2D eigenvalue weighted by atomic mass is 32.2. The summed E-state index contributed by atoms with van der Waals surface area (Å²) in [6.45, 7) is 0. The van der Waals surface area contributed by atoms with E-state index in [9.17, 15) is 0 Å². The predicted molar refractivity (Wildman–Crippen MR) is 233 cm³/mol. The van der Waals surface area contributed by atoms with Crippen molar-refractivity contribution in [2.75, 3.05) is 4.90 Å². The van der Waals surface area contributed by atoms with Crippen LogP contribution in [0.4, 0.5) is 17.1 Å². The zero-order valence-electron chi connectivity index (χ0n) is 28.7. The van der Waals surface area contributed by atoms with Crippen LogP contribution < -0.4 is 41.2 Å². The fraction of sp³-hybridized carbons (Fsp3) is 0. The van der Waals surface area contributed by atoms with E-state index >= 15 is 0 Å². The molecule has 3 heterocycles. The van der Waals surface area contributed by atoms with Crippen molar-refractivity contribution in [2.24, 2.45) is 0 Å². The lowest BCUT2D eigenvalue weighted by molar-refractivity contribution is 1.29. The van der Waals surface area contributed by atoms with Crippen LogP contribution in [0.25, 0.3) is 20.2 Å². The molecular formula is C48H32NS2Si2. The minimum atomic E-state index is -2.80. The largest absolute Gasteiger partial charge is 0.310 e. The lowest BCUT2D eigenvalue weighted by Gasteiger charge is -2.46. The molecule has 2 aliphatic rings. The van der Waals surface area contributed by atoms with E-state index in [1.165, 1.54) is 72.5 Å². The van der Waals surface area contributed by atoms with Gasteiger partial charge in [0.2, 0.25) is 0 Å². The Labute approximate surface area is 320 Å². The molecule has 8 aromatic carbocycles. The Morgan fingerprint density at radius 1 is 0.396 bits per heavy atom. The van der Waals surface area contributed by atoms with E-state index in [0.29, 0.717) is 0 Å². The van der Waals surface area contributed by atoms with Gasteiger partial charge in [-0.1, -0.05) is 161 Å². The molecule has 5 heteroatoms. The molecule has 0 bridgehead atoms. The third-order valence-electron chi connectivity index (χ3n) is 11.0. The van der Waals surface area contributed by atoms with Gasteiger partial charge in [-0.2, -0.15) is 0 Å². The van der Waals surface area contributed by atoms with Crippen molar-refractivity contribution < 1.29 is 0 Å². The van der Waals surface area contributed by atoms with Crippen LogP contribution in [-0.4, -0.2) is 16.9 Å². The van der Waals surface area contributed by atoms with Gasteiger partial charge >= 0.3 is 0 Å². The molecule has 0 saturated heterocycles. The average Bonchev–Trinajstić information content (AvgIpc) is 3.60. The van der Waals surface area contributed by atoms with Crippen molar-refractivity contribution in [1.29, 1.82) is 0 Å². The average molecular weight is 743 g/mol. The molecule has 249 valence electrons. The number of anilines is 3. The molecule has 9 aromatic rings. The van der Waals surface area contributed by atoms with Gasteiger partial charge in [0.15, 0.2) is 16.9 Å². The third kappa shape index (κ3) is 4.68. The van der Waals surface area contributed by atoms with Crippen LogP contribution >= 0.6 is 23.1 Å². The fourth-order valence-corrected chi connectivity index (χ4v) is 21.6. The number of para-hydroxylation sites is 1. The predicted octanol–water partition coefficient (Wildman–Crippen LogP) is 8.20. The Hall–Kier alpha value is -5.44. The summed E-state index contributed by atoms with van der Waals surface area (Å²) < 4.78 is 2.65. The topological polar surface area (TPSA) is 3.24 Å². The molecule has 2 aliphatic heterocycles. The second kappa shape index (κ2) is 12.3. The maximum Gasteiger partial charge on any atom is 0.181 e. The second-order valence-electron chi connectivity index (χ2n) is 13.8. The maximum atomic E-state index is 2.61. The molecule has 0 N–H and O–H groups in total. The second-order valence-corrected chi connectivity index (χ2v) is 22.0. The van der Waals surface area contributed by atoms with Crippen molar-refractivity contribution >= 4 is 114 Å². The number of hydrogen-bond donors (Lipinski definition) is 0. The van der Waals surface area contributed by atoms with Crippen molar-refractivity contribution in [1.82, 2.24) is 0 Å². The number of fused-ring (bicyclic) bond motifs is 11. The summed E-state index contributed by atoms with van der Waals surface area (Å²) in [4.78, 5) is 5.25. The van der Waals surface area contributed by atoms with Gasteiger partial charge in [0.05, 0.1) is 0 Å². The standard InChI is InChI=1S/C48H32NS2Si2/c1-3-15-33(16-4-1)49(34-27-29-40-38(31-34)37-19-7-8-20-39(37)50-40)35-28-30-44-48(32-35)53(45-24-12-9-21-41(45)51-42-22-10-13-25-46(42)53)47-26-14-11-23-43(47)52(44)36-17-5-2-6-18-36/h1-32H. The van der Waals surface area contributed by atoms with Gasteiger partial charge in [0, 0.05) is 47.0 Å². The zero-order valence-corrected chi connectivity index (χ0v) is 32.4. The molecule has 0 unspecified atom stereocenters. The molecule has 1 nitrogen and oxygen atoms in total. The quantitative estimate of drug-likeness (QED) is 0.168. The SMILES string of the molecule is c1ccc(N(c2ccc3c(c2)[Si]2(c4ccccc4Sc4ccccc42)c2ccccc2[Si]3c2ccccc2)c2ccc3sc4ccccc4c3c2)cc1. The number of thiophene rings is 1. The zero-order chi connectivity index (χ0) is 34.9. The summed E-state index contributed by atoms with van der Waals surface area (Å²) in [5, 5.41) is 13.2. The Morgan fingerprint density at radius 3 is 1.74 bits per heavy atom. The summed E-state index contributed by atoms with van der Waals surface area (Å²) in [5.41, 5.74) is 3.53. The van der Waals surface area contributed by atoms with Gasteiger partial charge in [-0.25, -0.2) is 0 Å². The van der Waals surface area contributed by atoms with Gasteiger partial charge in [0.25, 0.3) is 0 Å². The van der Waals surface area contributed by atoms with Gasteiger partial charge in [-0.05, 0) is 81.4 Å². The monoisotopic (exact) mass is 742 g/mol. The number of rotatable bonds is 4. The Morgan fingerprint density at radius 2 is 0.962 bits per heavy atom. The Balaban J connectivity index is 1.24. The normalized spacial score (nSPS) is 14.0. The molecule has 53 heavy (non-hydrogen) atoms. The van der Waals surface area contributed by atoms with E-state index in [4.69, 9.17) is 0 Å². The highest BCUT2D eigenvalue weighted by Crippen LogP contribution is 2.41. The van der Waals surface area contributed by atoms with Crippen LogP contribution in [0.15, 0.2) is 204 Å². The first-order valence-electron chi connectivity index (χ1n) is 18.1. The molecule has 0 aliphatic carbocycles. The molecule has 0 atom stereocenters. The third-order valence-corrected chi connectivity index (χ3v) is 22.0. The minimum Gasteiger partial charge on any atom is -0.310 e. The Bertz CT molecular complexity index is 2800. The molecule has 11 rings (SSSR count). The molecule has 0 fully saturated rings. The van der Waals surface area contributed by atoms with E-state index in [1.807, 2.05) is 23.1 Å². The van der Waals surface area contributed by atoms with E-state index in [-0.39, 0.29) is 0 Å². The first kappa shape index (κ1) is 31.1. The van der Waals surface area contributed by atoms with Gasteiger partial charge in [-0.15, -0.1) is 11.3 Å². The highest BCUT2D eigenvalue weighted by Gasteiger charge is 2.53. The highest BCUT2D eigenvalue weighted by molar-refractivity contribution is 8.00. The first-order valence-corrected chi connectivity index (χ1v) is 23.2. The summed E-state index contributed by atoms with van der Waals surface area (Å²) in [6.07, 6.45) is 0. The first-order chi connectivity index (χ1) is 26.3. The van der Waals surface area contributed by atoms with Crippen LogP contribution in [0.5, 0.6) is 0 Å².